The molecule has 3 rings (SSSR count). The van der Waals surface area contributed by atoms with Crippen LogP contribution in [0.2, 0.25) is 0 Å². The summed E-state index contributed by atoms with van der Waals surface area (Å²) in [6.45, 7) is 3.20. The van der Waals surface area contributed by atoms with Crippen LogP contribution >= 0.6 is 0 Å². The number of aromatic nitrogens is 5. The number of carboxylic acids is 1. The van der Waals surface area contributed by atoms with Crippen molar-refractivity contribution in [2.75, 3.05) is 4.90 Å². The Labute approximate surface area is 227 Å². The molecule has 0 aromatic carbocycles. The minimum absolute atomic E-state index is 0.0727. The lowest BCUT2D eigenvalue weighted by molar-refractivity contribution is -0.139. The summed E-state index contributed by atoms with van der Waals surface area (Å²) >= 11 is 0. The van der Waals surface area contributed by atoms with Crippen molar-refractivity contribution >= 4 is 41.3 Å². The number of aromatic amines is 1. The van der Waals surface area contributed by atoms with Gasteiger partial charge in [0.2, 0.25) is 23.6 Å². The van der Waals surface area contributed by atoms with E-state index in [9.17, 15) is 28.8 Å². The maximum absolute atomic E-state index is 13.8. The van der Waals surface area contributed by atoms with E-state index in [1.165, 1.54) is 6.20 Å². The van der Waals surface area contributed by atoms with Gasteiger partial charge in [-0.15, -0.1) is 10.2 Å². The lowest BCUT2D eigenvalue weighted by atomic mass is 10.0. The van der Waals surface area contributed by atoms with Gasteiger partial charge in [0.25, 0.3) is 5.91 Å². The average Bonchev–Trinajstić information content (AvgIpc) is 3.56. The molecule has 17 nitrogen and oxygen atoms in total. The number of carboxylic acid groups (broad SMARTS) is 1. The number of carbonyl (C=O) groups is 6. The maximum atomic E-state index is 13.8. The van der Waals surface area contributed by atoms with Gasteiger partial charge in [-0.3, -0.25) is 33.7 Å². The highest BCUT2D eigenvalue weighted by Crippen LogP contribution is 2.31. The predicted molar refractivity (Wildman–Crippen MR) is 135 cm³/mol. The molecule has 7 N–H and O–H groups in total. The number of nitrogens with one attached hydrogen (secondary N) is 4. The number of pyridine rings is 1. The first-order chi connectivity index (χ1) is 19.0. The van der Waals surface area contributed by atoms with Crippen LogP contribution in [0.3, 0.4) is 0 Å². The summed E-state index contributed by atoms with van der Waals surface area (Å²) in [5.74, 6) is -5.00. The molecular formula is C23H30N10O7. The van der Waals surface area contributed by atoms with Gasteiger partial charge in [0, 0.05) is 19.0 Å². The molecular weight excluding hydrogens is 528 g/mol. The van der Waals surface area contributed by atoms with E-state index >= 15 is 0 Å². The van der Waals surface area contributed by atoms with E-state index in [0.29, 0.717) is 5.56 Å². The number of amides is 5. The molecule has 214 valence electrons. The zero-order valence-corrected chi connectivity index (χ0v) is 21.8. The first kappa shape index (κ1) is 29.6. The van der Waals surface area contributed by atoms with Crippen LogP contribution in [0.15, 0.2) is 18.3 Å². The summed E-state index contributed by atoms with van der Waals surface area (Å²) in [5, 5.41) is 29.6. The maximum Gasteiger partial charge on any atom is 0.303 e. The molecule has 0 saturated heterocycles. The van der Waals surface area contributed by atoms with E-state index in [2.05, 4.69) is 41.6 Å². The summed E-state index contributed by atoms with van der Waals surface area (Å²) in [7, 11) is 0. The van der Waals surface area contributed by atoms with Crippen LogP contribution in [0.25, 0.3) is 0 Å². The van der Waals surface area contributed by atoms with Crippen LogP contribution < -0.4 is 26.6 Å². The fraction of sp³-hybridized carbons (Fsp3) is 0.478. The van der Waals surface area contributed by atoms with Crippen molar-refractivity contribution in [1.29, 1.82) is 0 Å². The highest BCUT2D eigenvalue weighted by Gasteiger charge is 2.43. The first-order valence-corrected chi connectivity index (χ1v) is 12.3. The Bertz CT molecular complexity index is 1270. The first-order valence-electron chi connectivity index (χ1n) is 12.3. The van der Waals surface area contributed by atoms with E-state index in [1.54, 1.807) is 26.0 Å². The lowest BCUT2D eigenvalue weighted by Gasteiger charge is -2.30. The molecule has 2 aromatic heterocycles. The smallest absolute Gasteiger partial charge is 0.303 e. The Balaban J connectivity index is 1.82. The lowest BCUT2D eigenvalue weighted by Crippen LogP contribution is -2.59. The van der Waals surface area contributed by atoms with Crippen molar-refractivity contribution < 1.29 is 33.9 Å². The van der Waals surface area contributed by atoms with E-state index in [0.717, 1.165) is 4.90 Å². The normalized spacial score (nSPS) is 15.6. The molecule has 0 aliphatic carbocycles. The Kier molecular flexibility index (Phi) is 9.77. The number of rotatable bonds is 13. The summed E-state index contributed by atoms with van der Waals surface area (Å²) in [5.41, 5.74) is 5.97. The van der Waals surface area contributed by atoms with E-state index in [4.69, 9.17) is 10.8 Å². The van der Waals surface area contributed by atoms with Gasteiger partial charge in [-0.05, 0) is 17.5 Å². The number of nitrogens with zero attached hydrogens (tertiary/aromatic N) is 5. The summed E-state index contributed by atoms with van der Waals surface area (Å²) in [6, 6.07) is -0.388. The van der Waals surface area contributed by atoms with Crippen molar-refractivity contribution in [3.05, 3.63) is 29.7 Å². The number of anilines is 1. The zero-order chi connectivity index (χ0) is 29.4. The number of hydrogen-bond donors (Lipinski definition) is 6. The van der Waals surface area contributed by atoms with Gasteiger partial charge < -0.3 is 26.8 Å². The minimum Gasteiger partial charge on any atom is -0.481 e. The number of nitrogens with two attached hydrogens (primary N) is 1. The van der Waals surface area contributed by atoms with Crippen LogP contribution in [0.5, 0.6) is 0 Å². The molecule has 5 amide bonds. The second-order valence-corrected chi connectivity index (χ2v) is 9.37. The van der Waals surface area contributed by atoms with Crippen molar-refractivity contribution in [3.8, 4) is 0 Å². The number of aliphatic carboxylic acids is 1. The standard InChI is InChI=1S/C23H30N10O7/c1-11(2)19(28-17(35)5-6-18(36)37)22(39)27-13(9-15(24)34)23(40)33-14(8-12-4-3-7-25-20(12)33)21(38)26-10-16-29-31-32-30-16/h3-4,7,11,13-14,19H,5-6,8-10H2,1-2H3,(H2,24,34)(H,26,38)(H,27,39)(H,28,35)(H,36,37)(H,29,30,31,32). The average molecular weight is 559 g/mol. The fourth-order valence-corrected chi connectivity index (χ4v) is 4.09. The van der Waals surface area contributed by atoms with E-state index < -0.39 is 72.4 Å². The molecule has 0 radical (unpaired) electrons. The van der Waals surface area contributed by atoms with E-state index in [-0.39, 0.29) is 31.0 Å². The summed E-state index contributed by atoms with van der Waals surface area (Å²) in [4.78, 5) is 80.3. The second kappa shape index (κ2) is 13.2. The molecule has 0 bridgehead atoms. The molecule has 3 unspecified atom stereocenters. The highest BCUT2D eigenvalue weighted by molar-refractivity contribution is 6.07. The molecule has 2 aromatic rings. The molecule has 0 spiro atoms. The van der Waals surface area contributed by atoms with Gasteiger partial charge in [-0.25, -0.2) is 4.98 Å². The van der Waals surface area contributed by atoms with Crippen molar-refractivity contribution in [1.82, 2.24) is 41.6 Å². The second-order valence-electron chi connectivity index (χ2n) is 9.37. The molecule has 0 fully saturated rings. The topological polar surface area (TPSA) is 255 Å². The van der Waals surface area contributed by atoms with E-state index in [1.807, 2.05) is 0 Å². The fourth-order valence-electron chi connectivity index (χ4n) is 4.09. The molecule has 3 heterocycles. The van der Waals surface area contributed by atoms with Crippen LogP contribution in [0.1, 0.15) is 44.5 Å². The molecule has 1 aliphatic heterocycles. The van der Waals surface area contributed by atoms with Gasteiger partial charge in [0.15, 0.2) is 5.82 Å². The minimum atomic E-state index is -1.50. The largest absolute Gasteiger partial charge is 0.481 e. The van der Waals surface area contributed by atoms with Gasteiger partial charge in [-0.2, -0.15) is 5.21 Å². The third-order valence-electron chi connectivity index (χ3n) is 6.02. The van der Waals surface area contributed by atoms with Gasteiger partial charge in [0.1, 0.15) is 23.9 Å². The van der Waals surface area contributed by atoms with Crippen LogP contribution in [-0.4, -0.2) is 84.3 Å². The number of H-pyrrole nitrogens is 1. The Hall–Kier alpha value is -4.96. The third kappa shape index (κ3) is 7.55. The number of carbonyl (C=O) groups excluding carboxylic acids is 5. The SMILES string of the molecule is CC(C)C(NC(=O)CCC(=O)O)C(=O)NC(CC(N)=O)C(=O)N1c2ncccc2CC1C(=O)NCc1nn[nH]n1. The number of hydrogen-bond acceptors (Lipinski definition) is 10. The number of tetrazole rings is 1. The van der Waals surface area contributed by atoms with Crippen LogP contribution in [0.4, 0.5) is 5.82 Å². The zero-order valence-electron chi connectivity index (χ0n) is 21.8. The number of fused-ring (bicyclic) bond motifs is 1. The Morgan fingerprint density at radius 1 is 1.18 bits per heavy atom. The summed E-state index contributed by atoms with van der Waals surface area (Å²) in [6.07, 6.45) is 0.156. The van der Waals surface area contributed by atoms with Crippen molar-refractivity contribution in [2.45, 2.75) is 64.2 Å². The van der Waals surface area contributed by atoms with Crippen molar-refractivity contribution in [3.63, 3.8) is 0 Å². The molecule has 3 atom stereocenters. The Morgan fingerprint density at radius 3 is 2.55 bits per heavy atom. The highest BCUT2D eigenvalue weighted by atomic mass is 16.4. The predicted octanol–water partition coefficient (Wildman–Crippen LogP) is -2.47. The van der Waals surface area contributed by atoms with Crippen molar-refractivity contribution in [2.24, 2.45) is 11.7 Å². The van der Waals surface area contributed by atoms with Gasteiger partial charge in [0.05, 0.1) is 19.4 Å². The molecule has 40 heavy (non-hydrogen) atoms. The van der Waals surface area contributed by atoms with Gasteiger partial charge in [-0.1, -0.05) is 25.1 Å². The van der Waals surface area contributed by atoms with Gasteiger partial charge >= 0.3 is 5.97 Å². The monoisotopic (exact) mass is 558 g/mol. The number of primary amides is 1. The van der Waals surface area contributed by atoms with Crippen LogP contribution in [0, 0.1) is 5.92 Å². The third-order valence-corrected chi connectivity index (χ3v) is 6.02. The Morgan fingerprint density at radius 2 is 1.93 bits per heavy atom. The molecule has 17 heteroatoms. The quantitative estimate of drug-likeness (QED) is 0.150. The summed E-state index contributed by atoms with van der Waals surface area (Å²) < 4.78 is 0. The molecule has 1 aliphatic rings. The molecule has 0 saturated carbocycles. The van der Waals surface area contributed by atoms with Crippen LogP contribution in [-0.2, 0) is 41.7 Å².